The summed E-state index contributed by atoms with van der Waals surface area (Å²) in [7, 11) is 0. The highest BCUT2D eigenvalue weighted by Gasteiger charge is 2.24. The lowest BCUT2D eigenvalue weighted by Crippen LogP contribution is -2.38. The van der Waals surface area contributed by atoms with Gasteiger partial charge in [0.15, 0.2) is 4.67 Å². The number of carbonyl (C=O) groups excluding carboxylic acids is 2. The Morgan fingerprint density at radius 1 is 1.40 bits per heavy atom. The number of piperidine rings is 1. The van der Waals surface area contributed by atoms with E-state index in [0.717, 1.165) is 0 Å². The van der Waals surface area contributed by atoms with Crippen LogP contribution in [0, 0.1) is 0 Å². The Balaban J connectivity index is 2.09. The summed E-state index contributed by atoms with van der Waals surface area (Å²) in [6.07, 6.45) is 2.38. The van der Waals surface area contributed by atoms with Crippen LogP contribution in [0.1, 0.15) is 23.2 Å². The van der Waals surface area contributed by atoms with E-state index in [2.05, 4.69) is 15.9 Å². The smallest absolute Gasteiger partial charge is 0.258 e. The molecule has 4 nitrogen and oxygen atoms in total. The van der Waals surface area contributed by atoms with Crippen LogP contribution in [-0.2, 0) is 4.79 Å². The van der Waals surface area contributed by atoms with E-state index >= 15 is 0 Å². The number of nitrogens with zero attached hydrogens (tertiary/aromatic N) is 1. The molecule has 0 N–H and O–H groups in total. The Labute approximate surface area is 95.4 Å². The highest BCUT2D eigenvalue weighted by atomic mass is 79.9. The summed E-state index contributed by atoms with van der Waals surface area (Å²) in [5, 5.41) is 0. The van der Waals surface area contributed by atoms with Crippen LogP contribution in [0.4, 0.5) is 0 Å². The molecule has 1 fully saturated rings. The maximum atomic E-state index is 11.9. The van der Waals surface area contributed by atoms with Gasteiger partial charge in [0.05, 0.1) is 11.8 Å². The van der Waals surface area contributed by atoms with Crippen molar-refractivity contribution in [3.05, 3.63) is 22.6 Å². The molecule has 2 heterocycles. The monoisotopic (exact) mass is 271 g/mol. The van der Waals surface area contributed by atoms with Crippen molar-refractivity contribution in [1.82, 2.24) is 4.90 Å². The van der Waals surface area contributed by atoms with E-state index in [4.69, 9.17) is 4.42 Å². The van der Waals surface area contributed by atoms with Crippen molar-refractivity contribution in [3.8, 4) is 0 Å². The molecule has 1 aromatic rings. The van der Waals surface area contributed by atoms with Gasteiger partial charge in [-0.15, -0.1) is 0 Å². The van der Waals surface area contributed by atoms with Crippen LogP contribution in [0.3, 0.4) is 0 Å². The van der Waals surface area contributed by atoms with E-state index in [1.165, 1.54) is 6.26 Å². The van der Waals surface area contributed by atoms with Gasteiger partial charge in [-0.1, -0.05) is 0 Å². The van der Waals surface area contributed by atoms with E-state index in [1.54, 1.807) is 11.0 Å². The molecule has 1 saturated heterocycles. The molecule has 15 heavy (non-hydrogen) atoms. The molecule has 0 aromatic carbocycles. The second kappa shape index (κ2) is 4.18. The predicted octanol–water partition coefficient (Wildman–Crippen LogP) is 1.85. The van der Waals surface area contributed by atoms with Gasteiger partial charge in [-0.05, 0) is 22.0 Å². The predicted molar refractivity (Wildman–Crippen MR) is 56.6 cm³/mol. The van der Waals surface area contributed by atoms with E-state index in [-0.39, 0.29) is 11.7 Å². The highest BCUT2D eigenvalue weighted by Crippen LogP contribution is 2.20. The van der Waals surface area contributed by atoms with Crippen LogP contribution in [0.2, 0.25) is 0 Å². The molecule has 0 bridgehead atoms. The van der Waals surface area contributed by atoms with Crippen molar-refractivity contribution in [2.24, 2.45) is 0 Å². The van der Waals surface area contributed by atoms with Crippen molar-refractivity contribution in [2.75, 3.05) is 13.1 Å². The fourth-order valence-corrected chi connectivity index (χ4v) is 1.99. The number of halogens is 1. The highest BCUT2D eigenvalue weighted by molar-refractivity contribution is 9.10. The summed E-state index contributed by atoms with van der Waals surface area (Å²) in [6, 6.07) is 1.63. The SMILES string of the molecule is O=C1CCN(C(=O)c2ccoc2Br)CC1. The number of amides is 1. The summed E-state index contributed by atoms with van der Waals surface area (Å²) < 4.78 is 5.45. The number of likely N-dealkylation sites (tertiary alicyclic amines) is 1. The van der Waals surface area contributed by atoms with Crippen molar-refractivity contribution in [3.63, 3.8) is 0 Å². The zero-order chi connectivity index (χ0) is 10.8. The van der Waals surface area contributed by atoms with Gasteiger partial charge in [-0.3, -0.25) is 9.59 Å². The maximum absolute atomic E-state index is 11.9. The molecule has 1 amide bonds. The Morgan fingerprint density at radius 3 is 2.60 bits per heavy atom. The van der Waals surface area contributed by atoms with E-state index in [0.29, 0.717) is 36.2 Å². The standard InChI is InChI=1S/C10H10BrNO3/c11-9-8(3-6-15-9)10(14)12-4-1-7(13)2-5-12/h3,6H,1-2,4-5H2. The zero-order valence-electron chi connectivity index (χ0n) is 8.03. The van der Waals surface area contributed by atoms with E-state index in [1.807, 2.05) is 0 Å². The molecule has 0 spiro atoms. The topological polar surface area (TPSA) is 50.5 Å². The van der Waals surface area contributed by atoms with Crippen molar-refractivity contribution in [2.45, 2.75) is 12.8 Å². The third-order valence-corrected chi connectivity index (χ3v) is 3.07. The third-order valence-electron chi connectivity index (χ3n) is 2.46. The van der Waals surface area contributed by atoms with Crippen LogP contribution >= 0.6 is 15.9 Å². The van der Waals surface area contributed by atoms with Crippen molar-refractivity contribution < 1.29 is 14.0 Å². The molecule has 5 heteroatoms. The molecule has 0 aliphatic carbocycles. The number of ketones is 1. The first-order chi connectivity index (χ1) is 7.18. The molecule has 1 aliphatic rings. The van der Waals surface area contributed by atoms with Gasteiger partial charge in [0.2, 0.25) is 0 Å². The number of furan rings is 1. The van der Waals surface area contributed by atoms with Gasteiger partial charge < -0.3 is 9.32 Å². The van der Waals surface area contributed by atoms with Gasteiger partial charge in [0.25, 0.3) is 5.91 Å². The summed E-state index contributed by atoms with van der Waals surface area (Å²) in [5.74, 6) is 0.147. The molecular weight excluding hydrogens is 262 g/mol. The Kier molecular flexibility index (Phi) is 2.90. The van der Waals surface area contributed by atoms with Gasteiger partial charge in [0, 0.05) is 25.9 Å². The minimum absolute atomic E-state index is 0.0804. The van der Waals surface area contributed by atoms with Gasteiger partial charge in [-0.2, -0.15) is 0 Å². The van der Waals surface area contributed by atoms with E-state index < -0.39 is 0 Å². The second-order valence-electron chi connectivity index (χ2n) is 3.44. The van der Waals surface area contributed by atoms with Crippen LogP contribution in [0.25, 0.3) is 0 Å². The van der Waals surface area contributed by atoms with Gasteiger partial charge in [-0.25, -0.2) is 0 Å². The molecule has 0 saturated carbocycles. The molecule has 0 atom stereocenters. The Bertz CT molecular complexity index is 389. The normalized spacial score (nSPS) is 16.9. The van der Waals surface area contributed by atoms with Crippen LogP contribution < -0.4 is 0 Å². The number of hydrogen-bond donors (Lipinski definition) is 0. The fourth-order valence-electron chi connectivity index (χ4n) is 1.58. The quantitative estimate of drug-likeness (QED) is 0.783. The summed E-state index contributed by atoms with van der Waals surface area (Å²) in [6.45, 7) is 1.02. The number of carbonyl (C=O) groups is 2. The first kappa shape index (κ1) is 10.4. The summed E-state index contributed by atoms with van der Waals surface area (Å²) in [5.41, 5.74) is 0.518. The number of hydrogen-bond acceptors (Lipinski definition) is 3. The van der Waals surface area contributed by atoms with Crippen LogP contribution in [0.15, 0.2) is 21.4 Å². The molecule has 1 aromatic heterocycles. The fraction of sp³-hybridized carbons (Fsp3) is 0.400. The first-order valence-electron chi connectivity index (χ1n) is 4.72. The van der Waals surface area contributed by atoms with E-state index in [9.17, 15) is 9.59 Å². The van der Waals surface area contributed by atoms with Crippen molar-refractivity contribution in [1.29, 1.82) is 0 Å². The number of rotatable bonds is 1. The average molecular weight is 272 g/mol. The Hall–Kier alpha value is -1.10. The summed E-state index contributed by atoms with van der Waals surface area (Å²) in [4.78, 5) is 24.6. The Morgan fingerprint density at radius 2 is 2.07 bits per heavy atom. The molecule has 1 aliphatic heterocycles. The maximum Gasteiger partial charge on any atom is 0.258 e. The summed E-state index contributed by atoms with van der Waals surface area (Å²) >= 11 is 3.16. The minimum atomic E-state index is -0.0804. The molecule has 2 rings (SSSR count). The lowest BCUT2D eigenvalue weighted by molar-refractivity contribution is -0.120. The largest absolute Gasteiger partial charge is 0.457 e. The molecule has 80 valence electrons. The zero-order valence-corrected chi connectivity index (χ0v) is 9.62. The third kappa shape index (κ3) is 2.12. The number of Topliss-reactive ketones (excluding diaryl/α,β-unsaturated/α-hetero) is 1. The molecule has 0 radical (unpaired) electrons. The van der Waals surface area contributed by atoms with Crippen LogP contribution in [-0.4, -0.2) is 29.7 Å². The van der Waals surface area contributed by atoms with Gasteiger partial charge in [0.1, 0.15) is 5.78 Å². The average Bonchev–Trinajstić information content (AvgIpc) is 2.65. The minimum Gasteiger partial charge on any atom is -0.457 e. The van der Waals surface area contributed by atoms with Crippen molar-refractivity contribution >= 4 is 27.6 Å². The molecule has 0 unspecified atom stereocenters. The van der Waals surface area contributed by atoms with Gasteiger partial charge >= 0.3 is 0 Å². The lowest BCUT2D eigenvalue weighted by Gasteiger charge is -2.25. The van der Waals surface area contributed by atoms with Crippen LogP contribution in [0.5, 0.6) is 0 Å². The lowest BCUT2D eigenvalue weighted by atomic mass is 10.1. The molecular formula is C10H10BrNO3. The first-order valence-corrected chi connectivity index (χ1v) is 5.52. The second-order valence-corrected chi connectivity index (χ2v) is 4.16.